The third-order valence-electron chi connectivity index (χ3n) is 5.33. The molecule has 3 rings (SSSR count). The Morgan fingerprint density at radius 3 is 2.78 bits per heavy atom. The van der Waals surface area contributed by atoms with Crippen LogP contribution in [0.5, 0.6) is 0 Å². The molecular weight excluding hydrogens is 420 g/mol. The van der Waals surface area contributed by atoms with Crippen molar-refractivity contribution >= 4 is 39.7 Å². The van der Waals surface area contributed by atoms with E-state index in [1.807, 2.05) is 43.5 Å². The van der Waals surface area contributed by atoms with E-state index in [9.17, 15) is 0 Å². The van der Waals surface area contributed by atoms with Gasteiger partial charge < -0.3 is 16.5 Å². The van der Waals surface area contributed by atoms with Gasteiger partial charge in [0.15, 0.2) is 5.84 Å². The molecule has 1 fully saturated rings. The molecule has 0 atom stereocenters. The van der Waals surface area contributed by atoms with Gasteiger partial charge in [-0.2, -0.15) is 0 Å². The third kappa shape index (κ3) is 6.62. The smallest absolute Gasteiger partial charge is 0.178 e. The first-order valence-corrected chi connectivity index (χ1v) is 11.7. The Kier molecular flexibility index (Phi) is 8.78. The number of nitrogens with zero attached hydrogens (tertiary/aromatic N) is 3. The molecule has 0 spiro atoms. The number of aliphatic imine (C=N–C) groups is 2. The molecule has 0 aliphatic carbocycles. The molecule has 1 aromatic carbocycles. The summed E-state index contributed by atoms with van der Waals surface area (Å²) >= 11 is 1.18. The van der Waals surface area contributed by atoms with Crippen LogP contribution in [0.1, 0.15) is 49.4 Å². The van der Waals surface area contributed by atoms with Gasteiger partial charge in [0.1, 0.15) is 5.04 Å². The number of benzene rings is 1. The van der Waals surface area contributed by atoms with E-state index >= 15 is 0 Å². The lowest BCUT2D eigenvalue weighted by atomic mass is 10.1. The van der Waals surface area contributed by atoms with E-state index in [-0.39, 0.29) is 0 Å². The van der Waals surface area contributed by atoms with Crippen LogP contribution in [0.25, 0.3) is 0 Å². The standard InChI is InChI=1S/C23H32N8S/c1-2-4-20(26)32-22(27)16-5-3-6-19(13-16)30-23(29-15-24)21-17(7-10-28-21)14-31-11-8-18(25)9-12-31/h3,5-7,10,13,15,18,26-28H,2,4,8-9,11-12,14,25H2,1H3,(H2,24,29,30). The van der Waals surface area contributed by atoms with E-state index in [4.69, 9.17) is 27.3 Å². The minimum absolute atomic E-state index is 0.297. The molecule has 0 amide bonds. The van der Waals surface area contributed by atoms with Crippen molar-refractivity contribution in [2.75, 3.05) is 13.1 Å². The summed E-state index contributed by atoms with van der Waals surface area (Å²) in [6.07, 6.45) is 6.73. The predicted octanol–water partition coefficient (Wildman–Crippen LogP) is 3.84. The minimum atomic E-state index is 0.297. The van der Waals surface area contributed by atoms with Crippen molar-refractivity contribution in [3.63, 3.8) is 0 Å². The van der Waals surface area contributed by atoms with Gasteiger partial charge in [-0.25, -0.2) is 9.98 Å². The normalized spacial score (nSPS) is 16.0. The fourth-order valence-electron chi connectivity index (χ4n) is 3.61. The van der Waals surface area contributed by atoms with Gasteiger partial charge in [-0.1, -0.05) is 37.2 Å². The van der Waals surface area contributed by atoms with Crippen LogP contribution in [0.3, 0.4) is 0 Å². The molecule has 0 bridgehead atoms. The van der Waals surface area contributed by atoms with Crippen LogP contribution in [-0.2, 0) is 6.54 Å². The van der Waals surface area contributed by atoms with Crippen LogP contribution in [0.2, 0.25) is 0 Å². The van der Waals surface area contributed by atoms with Crippen molar-refractivity contribution in [2.24, 2.45) is 21.5 Å². The highest BCUT2D eigenvalue weighted by Gasteiger charge is 2.19. The van der Waals surface area contributed by atoms with Gasteiger partial charge in [-0.05, 0) is 56.1 Å². The number of rotatable bonds is 7. The highest BCUT2D eigenvalue weighted by atomic mass is 32.2. The topological polar surface area (TPSA) is 143 Å². The number of nitrogens with one attached hydrogen (secondary N) is 3. The van der Waals surface area contributed by atoms with Gasteiger partial charge in [0, 0.05) is 24.3 Å². The summed E-state index contributed by atoms with van der Waals surface area (Å²) in [6.45, 7) is 4.79. The fourth-order valence-corrected chi connectivity index (χ4v) is 4.41. The number of H-pyrrole nitrogens is 1. The SMILES string of the molecule is CCCC(=N)SC(=N)c1cccc(N=C(N=CN)c2[nH]ccc2CN2CCC(N)CC2)c1. The molecule has 2 heterocycles. The van der Waals surface area contributed by atoms with Crippen molar-refractivity contribution in [3.8, 4) is 0 Å². The van der Waals surface area contributed by atoms with Gasteiger partial charge in [0.25, 0.3) is 0 Å². The number of piperidine rings is 1. The first-order chi connectivity index (χ1) is 15.5. The van der Waals surface area contributed by atoms with E-state index in [2.05, 4.69) is 14.9 Å². The Labute approximate surface area is 193 Å². The molecular formula is C23H32N8S. The Balaban J connectivity index is 1.81. The van der Waals surface area contributed by atoms with E-state index in [0.29, 0.717) is 34.1 Å². The van der Waals surface area contributed by atoms with Gasteiger partial charge in [0.2, 0.25) is 0 Å². The average molecular weight is 453 g/mol. The van der Waals surface area contributed by atoms with Gasteiger partial charge in [-0.3, -0.25) is 15.7 Å². The zero-order chi connectivity index (χ0) is 22.9. The molecule has 0 unspecified atom stereocenters. The number of thioether (sulfide) groups is 1. The molecule has 0 radical (unpaired) electrons. The highest BCUT2D eigenvalue weighted by Crippen LogP contribution is 2.23. The van der Waals surface area contributed by atoms with E-state index in [0.717, 1.165) is 55.7 Å². The first kappa shape index (κ1) is 23.9. The van der Waals surface area contributed by atoms with Crippen LogP contribution in [0.15, 0.2) is 46.5 Å². The van der Waals surface area contributed by atoms with Gasteiger partial charge in [0.05, 0.1) is 22.8 Å². The first-order valence-electron chi connectivity index (χ1n) is 10.9. The van der Waals surface area contributed by atoms with Gasteiger partial charge >= 0.3 is 0 Å². The number of likely N-dealkylation sites (tertiary alicyclic amines) is 1. The Morgan fingerprint density at radius 2 is 2.06 bits per heavy atom. The number of amidine groups is 1. The van der Waals surface area contributed by atoms with Crippen molar-refractivity contribution in [3.05, 3.63) is 53.3 Å². The zero-order valence-corrected chi connectivity index (χ0v) is 19.3. The highest BCUT2D eigenvalue weighted by molar-refractivity contribution is 8.26. The Morgan fingerprint density at radius 1 is 1.28 bits per heavy atom. The lowest BCUT2D eigenvalue weighted by Crippen LogP contribution is -2.39. The van der Waals surface area contributed by atoms with Crippen molar-refractivity contribution in [1.29, 1.82) is 10.8 Å². The molecule has 1 aliphatic rings. The molecule has 2 aromatic rings. The van der Waals surface area contributed by atoms with Crippen LogP contribution < -0.4 is 11.5 Å². The summed E-state index contributed by atoms with van der Waals surface area (Å²) in [5.41, 5.74) is 15.0. The maximum absolute atomic E-state index is 8.33. The number of hydrogen-bond donors (Lipinski definition) is 5. The molecule has 1 aromatic heterocycles. The summed E-state index contributed by atoms with van der Waals surface area (Å²) in [5.74, 6) is 0.497. The van der Waals surface area contributed by atoms with E-state index < -0.39 is 0 Å². The summed E-state index contributed by atoms with van der Waals surface area (Å²) in [6, 6.07) is 9.79. The zero-order valence-electron chi connectivity index (χ0n) is 18.5. The minimum Gasteiger partial charge on any atom is -0.390 e. The fraction of sp³-hybridized carbons (Fsp3) is 0.391. The second-order valence-electron chi connectivity index (χ2n) is 7.86. The lowest BCUT2D eigenvalue weighted by molar-refractivity contribution is 0.205. The molecule has 1 aliphatic heterocycles. The third-order valence-corrected chi connectivity index (χ3v) is 6.22. The maximum Gasteiger partial charge on any atom is 0.178 e. The Hall–Kier alpha value is -2.75. The molecule has 0 saturated carbocycles. The van der Waals surface area contributed by atoms with E-state index in [1.165, 1.54) is 18.1 Å². The number of aromatic amines is 1. The summed E-state index contributed by atoms with van der Waals surface area (Å²) in [5, 5.41) is 17.1. The molecule has 32 heavy (non-hydrogen) atoms. The van der Waals surface area contributed by atoms with Crippen LogP contribution in [0.4, 0.5) is 5.69 Å². The number of aromatic nitrogens is 1. The second kappa shape index (κ2) is 11.8. The monoisotopic (exact) mass is 452 g/mol. The lowest BCUT2D eigenvalue weighted by Gasteiger charge is -2.30. The summed E-state index contributed by atoms with van der Waals surface area (Å²) < 4.78 is 0. The molecule has 7 N–H and O–H groups in total. The van der Waals surface area contributed by atoms with Crippen molar-refractivity contribution < 1.29 is 0 Å². The molecule has 170 valence electrons. The van der Waals surface area contributed by atoms with Crippen molar-refractivity contribution in [2.45, 2.75) is 45.2 Å². The number of nitrogens with two attached hydrogens (primary N) is 2. The van der Waals surface area contributed by atoms with Crippen LogP contribution in [-0.4, -0.2) is 51.3 Å². The Bertz CT molecular complexity index is 985. The van der Waals surface area contributed by atoms with Crippen LogP contribution >= 0.6 is 11.8 Å². The molecule has 1 saturated heterocycles. The molecule has 9 heteroatoms. The second-order valence-corrected chi connectivity index (χ2v) is 8.96. The predicted molar refractivity (Wildman–Crippen MR) is 136 cm³/mol. The summed E-state index contributed by atoms with van der Waals surface area (Å²) in [4.78, 5) is 14.7. The quantitative estimate of drug-likeness (QED) is 0.321. The van der Waals surface area contributed by atoms with Crippen LogP contribution in [0, 0.1) is 10.8 Å². The average Bonchev–Trinajstić information content (AvgIpc) is 3.23. The van der Waals surface area contributed by atoms with Gasteiger partial charge in [-0.15, -0.1) is 0 Å². The largest absolute Gasteiger partial charge is 0.390 e. The molecule has 8 nitrogen and oxygen atoms in total. The number of hydrogen-bond acceptors (Lipinski definition) is 6. The summed E-state index contributed by atoms with van der Waals surface area (Å²) in [7, 11) is 0. The van der Waals surface area contributed by atoms with E-state index in [1.54, 1.807) is 0 Å². The van der Waals surface area contributed by atoms with Crippen molar-refractivity contribution in [1.82, 2.24) is 9.88 Å². The maximum atomic E-state index is 8.33.